The highest BCUT2D eigenvalue weighted by Crippen LogP contribution is 2.36. The highest BCUT2D eigenvalue weighted by molar-refractivity contribution is 9.10. The van der Waals surface area contributed by atoms with Gasteiger partial charge >= 0.3 is 0 Å². The van der Waals surface area contributed by atoms with Crippen LogP contribution in [-0.4, -0.2) is 6.61 Å². The summed E-state index contributed by atoms with van der Waals surface area (Å²) in [5.41, 5.74) is 9.92. The lowest BCUT2D eigenvalue weighted by Crippen LogP contribution is -2.23. The largest absolute Gasteiger partial charge is 0.493 e. The standard InChI is InChI=1S/C17H18BrNO/c1-11(19)15-7-6-14(18)9-17(15)20-10-13-8-12-4-2-3-5-16(12)13/h2-7,9,11,13H,8,10,19H2,1H3. The lowest BCUT2D eigenvalue weighted by Gasteiger charge is -2.30. The minimum Gasteiger partial charge on any atom is -0.493 e. The Kier molecular flexibility index (Phi) is 3.81. The first kappa shape index (κ1) is 13.7. The SMILES string of the molecule is CC(N)c1ccc(Br)cc1OCC1Cc2ccccc21. The first-order valence-electron chi connectivity index (χ1n) is 6.91. The molecule has 20 heavy (non-hydrogen) atoms. The molecule has 3 heteroatoms. The Morgan fingerprint density at radius 3 is 2.85 bits per heavy atom. The summed E-state index contributed by atoms with van der Waals surface area (Å²) in [5, 5.41) is 0. The molecule has 0 aliphatic heterocycles. The summed E-state index contributed by atoms with van der Waals surface area (Å²) >= 11 is 3.49. The third-order valence-corrected chi connectivity index (χ3v) is 4.36. The number of hydrogen-bond acceptors (Lipinski definition) is 2. The average molecular weight is 332 g/mol. The van der Waals surface area contributed by atoms with Crippen LogP contribution >= 0.6 is 15.9 Å². The molecule has 0 saturated heterocycles. The highest BCUT2D eigenvalue weighted by Gasteiger charge is 2.26. The molecule has 104 valence electrons. The molecule has 2 aromatic carbocycles. The minimum atomic E-state index is -0.0215. The second kappa shape index (κ2) is 5.58. The van der Waals surface area contributed by atoms with Gasteiger partial charge in [0, 0.05) is 22.0 Å². The van der Waals surface area contributed by atoms with E-state index in [1.54, 1.807) is 0 Å². The smallest absolute Gasteiger partial charge is 0.125 e. The van der Waals surface area contributed by atoms with Crippen LogP contribution in [0.5, 0.6) is 5.75 Å². The molecule has 2 nitrogen and oxygen atoms in total. The van der Waals surface area contributed by atoms with E-state index in [1.807, 2.05) is 25.1 Å². The summed E-state index contributed by atoms with van der Waals surface area (Å²) in [6.07, 6.45) is 1.11. The zero-order chi connectivity index (χ0) is 14.1. The Balaban J connectivity index is 1.72. The fourth-order valence-corrected chi connectivity index (χ4v) is 3.05. The van der Waals surface area contributed by atoms with Crippen LogP contribution in [-0.2, 0) is 6.42 Å². The summed E-state index contributed by atoms with van der Waals surface area (Å²) in [7, 11) is 0. The summed E-state index contributed by atoms with van der Waals surface area (Å²) in [6.45, 7) is 2.70. The van der Waals surface area contributed by atoms with E-state index in [-0.39, 0.29) is 6.04 Å². The maximum atomic E-state index is 6.03. The first-order chi connectivity index (χ1) is 9.65. The zero-order valence-electron chi connectivity index (χ0n) is 11.5. The monoisotopic (exact) mass is 331 g/mol. The molecule has 0 aromatic heterocycles. The molecule has 2 aromatic rings. The molecule has 1 aliphatic carbocycles. The lowest BCUT2D eigenvalue weighted by atomic mass is 9.78. The van der Waals surface area contributed by atoms with Crippen molar-refractivity contribution in [3.8, 4) is 5.75 Å². The zero-order valence-corrected chi connectivity index (χ0v) is 13.1. The summed E-state index contributed by atoms with van der Waals surface area (Å²) in [6, 6.07) is 14.6. The second-order valence-electron chi connectivity index (χ2n) is 5.38. The van der Waals surface area contributed by atoms with E-state index in [4.69, 9.17) is 10.5 Å². The minimum absolute atomic E-state index is 0.0215. The molecule has 0 saturated carbocycles. The Labute approximate surface area is 128 Å². The molecule has 0 amide bonds. The van der Waals surface area contributed by atoms with Crippen LogP contribution in [0.1, 0.15) is 35.6 Å². The normalized spacial score (nSPS) is 18.1. The van der Waals surface area contributed by atoms with E-state index in [0.29, 0.717) is 12.5 Å². The van der Waals surface area contributed by atoms with Crippen molar-refractivity contribution in [3.63, 3.8) is 0 Å². The van der Waals surface area contributed by atoms with Gasteiger partial charge in [0.05, 0.1) is 6.61 Å². The summed E-state index contributed by atoms with van der Waals surface area (Å²) in [4.78, 5) is 0. The number of nitrogens with two attached hydrogens (primary N) is 1. The number of halogens is 1. The number of rotatable bonds is 4. The van der Waals surface area contributed by atoms with Crippen molar-refractivity contribution < 1.29 is 4.74 Å². The van der Waals surface area contributed by atoms with Crippen LogP contribution in [0.15, 0.2) is 46.9 Å². The predicted octanol–water partition coefficient (Wildman–Crippen LogP) is 4.19. The molecular weight excluding hydrogens is 314 g/mol. The molecule has 0 radical (unpaired) electrons. The van der Waals surface area contributed by atoms with E-state index < -0.39 is 0 Å². The third kappa shape index (κ3) is 2.60. The van der Waals surface area contributed by atoms with Crippen molar-refractivity contribution >= 4 is 15.9 Å². The quantitative estimate of drug-likeness (QED) is 0.911. The van der Waals surface area contributed by atoms with E-state index in [9.17, 15) is 0 Å². The Morgan fingerprint density at radius 2 is 2.10 bits per heavy atom. The summed E-state index contributed by atoms with van der Waals surface area (Å²) in [5.74, 6) is 1.39. The van der Waals surface area contributed by atoms with Crippen LogP contribution in [0, 0.1) is 0 Å². The van der Waals surface area contributed by atoms with Crippen molar-refractivity contribution in [2.24, 2.45) is 5.73 Å². The van der Waals surface area contributed by atoms with Crippen molar-refractivity contribution in [3.05, 3.63) is 63.6 Å². The first-order valence-corrected chi connectivity index (χ1v) is 7.70. The topological polar surface area (TPSA) is 35.2 Å². The van der Waals surface area contributed by atoms with Crippen molar-refractivity contribution in [2.75, 3.05) is 6.61 Å². The van der Waals surface area contributed by atoms with Gasteiger partial charge in [-0.25, -0.2) is 0 Å². The maximum Gasteiger partial charge on any atom is 0.125 e. The van der Waals surface area contributed by atoms with Crippen LogP contribution in [0.3, 0.4) is 0 Å². The Morgan fingerprint density at radius 1 is 1.30 bits per heavy atom. The Bertz CT molecular complexity index is 624. The molecule has 1 aliphatic rings. The van der Waals surface area contributed by atoms with Gasteiger partial charge in [-0.1, -0.05) is 46.3 Å². The van der Waals surface area contributed by atoms with Gasteiger partial charge in [-0.15, -0.1) is 0 Å². The number of ether oxygens (including phenoxy) is 1. The Hall–Kier alpha value is -1.32. The average Bonchev–Trinajstić information content (AvgIpc) is 2.39. The van der Waals surface area contributed by atoms with Crippen LogP contribution in [0.2, 0.25) is 0 Å². The molecule has 0 fully saturated rings. The van der Waals surface area contributed by atoms with Gasteiger partial charge in [0.15, 0.2) is 0 Å². The summed E-state index contributed by atoms with van der Waals surface area (Å²) < 4.78 is 7.05. The van der Waals surface area contributed by atoms with Gasteiger partial charge in [0.1, 0.15) is 5.75 Å². The van der Waals surface area contributed by atoms with Crippen molar-refractivity contribution in [2.45, 2.75) is 25.3 Å². The van der Waals surface area contributed by atoms with Crippen molar-refractivity contribution in [1.82, 2.24) is 0 Å². The fraction of sp³-hybridized carbons (Fsp3) is 0.294. The number of fused-ring (bicyclic) bond motifs is 1. The van der Waals surface area contributed by atoms with E-state index in [2.05, 4.69) is 40.2 Å². The van der Waals surface area contributed by atoms with E-state index in [0.717, 1.165) is 22.2 Å². The fourth-order valence-electron chi connectivity index (χ4n) is 2.71. The maximum absolute atomic E-state index is 6.03. The molecule has 2 N–H and O–H groups in total. The van der Waals surface area contributed by atoms with Gasteiger partial charge in [0.25, 0.3) is 0 Å². The van der Waals surface area contributed by atoms with Gasteiger partial charge < -0.3 is 10.5 Å². The van der Waals surface area contributed by atoms with E-state index in [1.165, 1.54) is 11.1 Å². The molecule has 0 bridgehead atoms. The van der Waals surface area contributed by atoms with Gasteiger partial charge in [-0.2, -0.15) is 0 Å². The predicted molar refractivity (Wildman–Crippen MR) is 85.1 cm³/mol. The molecule has 0 heterocycles. The lowest BCUT2D eigenvalue weighted by molar-refractivity contribution is 0.271. The van der Waals surface area contributed by atoms with Gasteiger partial charge in [-0.3, -0.25) is 0 Å². The molecular formula is C17H18BrNO. The highest BCUT2D eigenvalue weighted by atomic mass is 79.9. The van der Waals surface area contributed by atoms with Gasteiger partial charge in [-0.05, 0) is 36.6 Å². The molecule has 2 atom stereocenters. The molecule has 3 rings (SSSR count). The van der Waals surface area contributed by atoms with Gasteiger partial charge in [0.2, 0.25) is 0 Å². The van der Waals surface area contributed by atoms with Crippen molar-refractivity contribution in [1.29, 1.82) is 0 Å². The van der Waals surface area contributed by atoms with Crippen LogP contribution < -0.4 is 10.5 Å². The van der Waals surface area contributed by atoms with Crippen LogP contribution in [0.4, 0.5) is 0 Å². The number of benzene rings is 2. The molecule has 2 unspecified atom stereocenters. The van der Waals surface area contributed by atoms with Crippen LogP contribution in [0.25, 0.3) is 0 Å². The second-order valence-corrected chi connectivity index (χ2v) is 6.30. The third-order valence-electron chi connectivity index (χ3n) is 3.87. The van der Waals surface area contributed by atoms with E-state index >= 15 is 0 Å². The number of hydrogen-bond donors (Lipinski definition) is 1. The molecule has 0 spiro atoms.